The first-order valence-corrected chi connectivity index (χ1v) is 6.18. The van der Waals surface area contributed by atoms with E-state index in [2.05, 4.69) is 10.1 Å². The molecule has 0 unspecified atom stereocenters. The smallest absolute Gasteiger partial charge is 0.397 e. The molecule has 0 radical (unpaired) electrons. The summed E-state index contributed by atoms with van der Waals surface area (Å²) >= 11 is 0. The number of nitrogens with zero attached hydrogens (tertiary/aromatic N) is 3. The van der Waals surface area contributed by atoms with Crippen molar-refractivity contribution in [3.8, 4) is 0 Å². The van der Waals surface area contributed by atoms with E-state index in [0.29, 0.717) is 5.72 Å². The molecule has 6 heteroatoms. The minimum absolute atomic E-state index is 0.326. The molecular weight excluding hydrogens is 217 g/mol. The molecule has 0 bridgehead atoms. The number of aryl methyl sites for hydroxylation is 2. The minimum atomic E-state index is -0.432. The fourth-order valence-corrected chi connectivity index (χ4v) is 2.19. The van der Waals surface area contributed by atoms with Crippen molar-refractivity contribution in [2.24, 2.45) is 0 Å². The number of fused-ring (bicyclic) bond motifs is 1. The van der Waals surface area contributed by atoms with E-state index in [1.54, 1.807) is 0 Å². The Bertz CT molecular complexity index is 418. The van der Waals surface area contributed by atoms with Crippen LogP contribution in [-0.4, -0.2) is 33.1 Å². The van der Waals surface area contributed by atoms with Gasteiger partial charge < -0.3 is 9.31 Å². The summed E-state index contributed by atoms with van der Waals surface area (Å²) in [4.78, 5) is 4.51. The van der Waals surface area contributed by atoms with E-state index in [0.717, 1.165) is 25.2 Å². The van der Waals surface area contributed by atoms with Gasteiger partial charge in [-0.1, -0.05) is 0 Å². The number of rotatable bonds is 1. The predicted octanol–water partition coefficient (Wildman–Crippen LogP) is 0.523. The van der Waals surface area contributed by atoms with Crippen molar-refractivity contribution in [3.63, 3.8) is 0 Å². The largest absolute Gasteiger partial charge is 0.536 e. The van der Waals surface area contributed by atoms with Gasteiger partial charge in [-0.15, -0.1) is 0 Å². The molecule has 0 saturated carbocycles. The molecule has 5 nitrogen and oxygen atoms in total. The molecule has 0 aromatic carbocycles. The summed E-state index contributed by atoms with van der Waals surface area (Å²) in [5, 5.41) is 4.46. The van der Waals surface area contributed by atoms with Crippen molar-refractivity contribution in [2.75, 3.05) is 0 Å². The Balaban J connectivity index is 1.87. The molecule has 1 saturated heterocycles. The van der Waals surface area contributed by atoms with Crippen molar-refractivity contribution in [1.82, 2.24) is 14.8 Å². The quantitative estimate of drug-likeness (QED) is 0.666. The first-order chi connectivity index (χ1) is 7.89. The Morgan fingerprint density at radius 1 is 1.18 bits per heavy atom. The summed E-state index contributed by atoms with van der Waals surface area (Å²) in [5.41, 5.74) is 0.0132. The van der Waals surface area contributed by atoms with Gasteiger partial charge >= 0.3 is 7.12 Å². The van der Waals surface area contributed by atoms with E-state index in [9.17, 15) is 0 Å². The molecule has 92 valence electrons. The third-order valence-corrected chi connectivity index (χ3v) is 4.00. The molecule has 0 amide bonds. The van der Waals surface area contributed by atoms with Crippen molar-refractivity contribution in [3.05, 3.63) is 5.82 Å². The topological polar surface area (TPSA) is 49.2 Å². The van der Waals surface area contributed by atoms with Crippen LogP contribution in [0.1, 0.15) is 39.9 Å². The van der Waals surface area contributed by atoms with Gasteiger partial charge in [0.25, 0.3) is 0 Å². The van der Waals surface area contributed by atoms with Gasteiger partial charge in [0.2, 0.25) is 0 Å². The Morgan fingerprint density at radius 3 is 2.41 bits per heavy atom. The summed E-state index contributed by atoms with van der Waals surface area (Å²) in [7, 11) is -0.432. The predicted molar refractivity (Wildman–Crippen MR) is 64.1 cm³/mol. The van der Waals surface area contributed by atoms with Gasteiger partial charge in [0.15, 0.2) is 5.72 Å². The van der Waals surface area contributed by atoms with Gasteiger partial charge in [-0.2, -0.15) is 5.10 Å². The highest BCUT2D eigenvalue weighted by Gasteiger charge is 2.53. The Kier molecular flexibility index (Phi) is 2.20. The van der Waals surface area contributed by atoms with Crippen LogP contribution in [0.15, 0.2) is 0 Å². The standard InChI is InChI=1S/C11H18BN3O2/c1-10(2)11(3,4)17-12(16-10)9-13-8-6-5-7-15(8)14-9/h5-7H2,1-4H3. The summed E-state index contributed by atoms with van der Waals surface area (Å²) in [6, 6.07) is 0. The zero-order valence-electron chi connectivity index (χ0n) is 10.9. The molecule has 1 fully saturated rings. The van der Waals surface area contributed by atoms with E-state index in [1.165, 1.54) is 0 Å². The number of hydrogen-bond acceptors (Lipinski definition) is 4. The molecule has 3 heterocycles. The van der Waals surface area contributed by atoms with Crippen LogP contribution in [0, 0.1) is 0 Å². The molecule has 0 aliphatic carbocycles. The SMILES string of the molecule is CC1(C)OB(c2nc3n(n2)CCC3)OC1(C)C. The fourth-order valence-electron chi connectivity index (χ4n) is 2.19. The molecule has 0 N–H and O–H groups in total. The first kappa shape index (κ1) is 11.2. The normalized spacial score (nSPS) is 25.3. The van der Waals surface area contributed by atoms with Crippen LogP contribution in [0.5, 0.6) is 0 Å². The molecule has 3 rings (SSSR count). The second kappa shape index (κ2) is 3.33. The lowest BCUT2D eigenvalue weighted by atomic mass is 9.89. The molecule has 1 aromatic heterocycles. The lowest BCUT2D eigenvalue weighted by Crippen LogP contribution is -2.41. The third-order valence-electron chi connectivity index (χ3n) is 4.00. The van der Waals surface area contributed by atoms with Gasteiger partial charge in [-0.3, -0.25) is 4.68 Å². The highest BCUT2D eigenvalue weighted by Crippen LogP contribution is 2.36. The van der Waals surface area contributed by atoms with Crippen LogP contribution in [0.3, 0.4) is 0 Å². The van der Waals surface area contributed by atoms with Gasteiger partial charge in [0, 0.05) is 13.0 Å². The Hall–Kier alpha value is -0.875. The van der Waals surface area contributed by atoms with Crippen molar-refractivity contribution < 1.29 is 9.31 Å². The monoisotopic (exact) mass is 235 g/mol. The van der Waals surface area contributed by atoms with Crippen LogP contribution in [0.2, 0.25) is 0 Å². The van der Waals surface area contributed by atoms with Crippen LogP contribution in [0.25, 0.3) is 0 Å². The zero-order valence-corrected chi connectivity index (χ0v) is 10.9. The summed E-state index contributed by atoms with van der Waals surface area (Å²) in [6.45, 7) is 9.11. The molecule has 0 atom stereocenters. The molecule has 17 heavy (non-hydrogen) atoms. The average molecular weight is 235 g/mol. The highest BCUT2D eigenvalue weighted by atomic mass is 16.7. The van der Waals surface area contributed by atoms with Gasteiger partial charge in [-0.25, -0.2) is 4.98 Å². The van der Waals surface area contributed by atoms with Crippen LogP contribution >= 0.6 is 0 Å². The maximum Gasteiger partial charge on any atom is 0.536 e. The van der Waals surface area contributed by atoms with Crippen LogP contribution in [0.4, 0.5) is 0 Å². The zero-order chi connectivity index (χ0) is 12.3. The van der Waals surface area contributed by atoms with E-state index >= 15 is 0 Å². The Labute approximate surface area is 102 Å². The molecule has 2 aliphatic rings. The van der Waals surface area contributed by atoms with Crippen molar-refractivity contribution >= 4 is 12.8 Å². The van der Waals surface area contributed by atoms with Crippen molar-refractivity contribution in [1.29, 1.82) is 0 Å². The van der Waals surface area contributed by atoms with E-state index in [4.69, 9.17) is 9.31 Å². The second-order valence-corrected chi connectivity index (χ2v) is 5.80. The summed E-state index contributed by atoms with van der Waals surface area (Å²) in [6.07, 6.45) is 2.14. The highest BCUT2D eigenvalue weighted by molar-refractivity contribution is 6.60. The lowest BCUT2D eigenvalue weighted by Gasteiger charge is -2.32. The van der Waals surface area contributed by atoms with Crippen molar-refractivity contribution in [2.45, 2.75) is 58.3 Å². The van der Waals surface area contributed by atoms with Gasteiger partial charge in [0.05, 0.1) is 11.2 Å². The summed E-state index contributed by atoms with van der Waals surface area (Å²) < 4.78 is 13.8. The molecular formula is C11H18BN3O2. The van der Waals surface area contributed by atoms with E-state index in [1.807, 2.05) is 32.4 Å². The first-order valence-electron chi connectivity index (χ1n) is 6.18. The van der Waals surface area contributed by atoms with Gasteiger partial charge in [0.1, 0.15) is 5.82 Å². The van der Waals surface area contributed by atoms with E-state index in [-0.39, 0.29) is 11.2 Å². The number of aromatic nitrogens is 3. The fraction of sp³-hybridized carbons (Fsp3) is 0.818. The third kappa shape index (κ3) is 1.62. The minimum Gasteiger partial charge on any atom is -0.397 e. The maximum absolute atomic E-state index is 5.93. The number of hydrogen-bond donors (Lipinski definition) is 0. The Morgan fingerprint density at radius 2 is 1.82 bits per heavy atom. The van der Waals surface area contributed by atoms with Gasteiger partial charge in [-0.05, 0) is 34.1 Å². The molecule has 2 aliphatic heterocycles. The summed E-state index contributed by atoms with van der Waals surface area (Å²) in [5.74, 6) is 1.05. The maximum atomic E-state index is 5.93. The van der Waals surface area contributed by atoms with E-state index < -0.39 is 7.12 Å². The van der Waals surface area contributed by atoms with Crippen LogP contribution in [-0.2, 0) is 22.3 Å². The second-order valence-electron chi connectivity index (χ2n) is 5.80. The molecule has 0 spiro atoms. The van der Waals surface area contributed by atoms with Crippen LogP contribution < -0.4 is 5.72 Å². The lowest BCUT2D eigenvalue weighted by molar-refractivity contribution is 0.00578. The molecule has 1 aromatic rings. The average Bonchev–Trinajstić information content (AvgIpc) is 2.77.